The number of thioether (sulfide) groups is 1. The van der Waals surface area contributed by atoms with Gasteiger partial charge in [-0.3, -0.25) is 9.63 Å². The topological polar surface area (TPSA) is 29.5 Å². The van der Waals surface area contributed by atoms with Crippen molar-refractivity contribution in [2.45, 2.75) is 5.75 Å². The summed E-state index contributed by atoms with van der Waals surface area (Å²) < 4.78 is 0. The Balaban J connectivity index is 2.85. The van der Waals surface area contributed by atoms with E-state index >= 15 is 0 Å². The molecule has 0 spiro atoms. The molecule has 0 saturated heterocycles. The summed E-state index contributed by atoms with van der Waals surface area (Å²) in [5.41, 5.74) is 1.81. The van der Waals surface area contributed by atoms with Crippen LogP contribution >= 0.6 is 11.8 Å². The van der Waals surface area contributed by atoms with Crippen LogP contribution in [0.15, 0.2) is 24.3 Å². The van der Waals surface area contributed by atoms with Crippen molar-refractivity contribution in [1.82, 2.24) is 5.06 Å². The molecule has 0 aliphatic carbocycles. The molecule has 1 rings (SSSR count). The molecule has 1 aromatic carbocycles. The summed E-state index contributed by atoms with van der Waals surface area (Å²) in [6, 6.07) is 7.60. The SMILES string of the molecule is CON(C)C(=O)c1cccc(CSC)c1. The van der Waals surface area contributed by atoms with Crippen molar-refractivity contribution in [3.05, 3.63) is 35.4 Å². The van der Waals surface area contributed by atoms with E-state index in [1.165, 1.54) is 12.2 Å². The molecule has 0 atom stereocenters. The highest BCUT2D eigenvalue weighted by Crippen LogP contribution is 2.12. The fourth-order valence-corrected chi connectivity index (χ4v) is 1.74. The summed E-state index contributed by atoms with van der Waals surface area (Å²) in [4.78, 5) is 16.6. The third kappa shape index (κ3) is 3.25. The molecule has 0 aliphatic rings. The predicted octanol–water partition coefficient (Wildman–Crippen LogP) is 2.18. The largest absolute Gasteiger partial charge is 0.277 e. The standard InChI is InChI=1S/C11H15NO2S/c1-12(14-2)11(13)10-6-4-5-9(7-10)8-15-3/h4-7H,8H2,1-3H3. The van der Waals surface area contributed by atoms with Gasteiger partial charge in [-0.05, 0) is 24.0 Å². The number of amides is 1. The second-order valence-corrected chi connectivity index (χ2v) is 3.98. The third-order valence-electron chi connectivity index (χ3n) is 2.04. The van der Waals surface area contributed by atoms with E-state index in [1.807, 2.05) is 24.5 Å². The molecule has 15 heavy (non-hydrogen) atoms. The monoisotopic (exact) mass is 225 g/mol. The maximum Gasteiger partial charge on any atom is 0.277 e. The van der Waals surface area contributed by atoms with Crippen LogP contribution in [0.25, 0.3) is 0 Å². The Kier molecular flexibility index (Phi) is 4.65. The average molecular weight is 225 g/mol. The van der Waals surface area contributed by atoms with Gasteiger partial charge >= 0.3 is 0 Å². The first-order valence-corrected chi connectivity index (χ1v) is 5.98. The van der Waals surface area contributed by atoms with Crippen molar-refractivity contribution in [2.75, 3.05) is 20.4 Å². The van der Waals surface area contributed by atoms with Gasteiger partial charge in [-0.1, -0.05) is 12.1 Å². The lowest BCUT2D eigenvalue weighted by molar-refractivity contribution is -0.0757. The van der Waals surface area contributed by atoms with Crippen LogP contribution in [0.2, 0.25) is 0 Å². The van der Waals surface area contributed by atoms with Crippen LogP contribution in [0, 0.1) is 0 Å². The van der Waals surface area contributed by atoms with Crippen LogP contribution < -0.4 is 0 Å². The summed E-state index contributed by atoms with van der Waals surface area (Å²) in [6.45, 7) is 0. The van der Waals surface area contributed by atoms with E-state index in [0.29, 0.717) is 5.56 Å². The number of hydrogen-bond donors (Lipinski definition) is 0. The van der Waals surface area contributed by atoms with Crippen LogP contribution in [-0.2, 0) is 10.6 Å². The molecule has 0 bridgehead atoms. The van der Waals surface area contributed by atoms with Gasteiger partial charge in [0, 0.05) is 18.4 Å². The second kappa shape index (κ2) is 5.78. The van der Waals surface area contributed by atoms with Gasteiger partial charge in [-0.25, -0.2) is 5.06 Å². The molecule has 0 unspecified atom stereocenters. The first-order valence-electron chi connectivity index (χ1n) is 4.59. The lowest BCUT2D eigenvalue weighted by Crippen LogP contribution is -2.25. The number of hydroxylamine groups is 2. The van der Waals surface area contributed by atoms with Gasteiger partial charge in [0.25, 0.3) is 5.91 Å². The number of nitrogens with zero attached hydrogens (tertiary/aromatic N) is 1. The molecule has 0 heterocycles. The quantitative estimate of drug-likeness (QED) is 0.736. The molecule has 1 amide bonds. The molecule has 0 aromatic heterocycles. The first-order chi connectivity index (χ1) is 7.19. The normalized spacial score (nSPS) is 10.1. The van der Waals surface area contributed by atoms with Crippen molar-refractivity contribution in [3.63, 3.8) is 0 Å². The van der Waals surface area contributed by atoms with E-state index in [-0.39, 0.29) is 5.91 Å². The Bertz CT molecular complexity index is 341. The number of benzene rings is 1. The molecule has 4 heteroatoms. The summed E-state index contributed by atoms with van der Waals surface area (Å²) in [5, 5.41) is 1.22. The molecule has 0 N–H and O–H groups in total. The van der Waals surface area contributed by atoms with Crippen molar-refractivity contribution in [1.29, 1.82) is 0 Å². The minimum atomic E-state index is -0.125. The maximum absolute atomic E-state index is 11.7. The van der Waals surface area contributed by atoms with E-state index in [1.54, 1.807) is 24.9 Å². The van der Waals surface area contributed by atoms with E-state index in [4.69, 9.17) is 4.84 Å². The summed E-state index contributed by atoms with van der Waals surface area (Å²) >= 11 is 1.73. The Hall–Kier alpha value is -1.00. The van der Waals surface area contributed by atoms with Crippen molar-refractivity contribution < 1.29 is 9.63 Å². The third-order valence-corrected chi connectivity index (χ3v) is 2.67. The van der Waals surface area contributed by atoms with E-state index in [2.05, 4.69) is 0 Å². The number of carbonyl (C=O) groups excluding carboxylic acids is 1. The first kappa shape index (κ1) is 12.1. The molecule has 0 fully saturated rings. The van der Waals surface area contributed by atoms with Crippen LogP contribution in [0.1, 0.15) is 15.9 Å². The summed E-state index contributed by atoms with van der Waals surface area (Å²) in [7, 11) is 3.08. The predicted molar refractivity (Wildman–Crippen MR) is 62.8 cm³/mol. The van der Waals surface area contributed by atoms with Gasteiger partial charge in [-0.2, -0.15) is 11.8 Å². The van der Waals surface area contributed by atoms with Crippen LogP contribution in [-0.4, -0.2) is 31.4 Å². The lowest BCUT2D eigenvalue weighted by atomic mass is 10.1. The van der Waals surface area contributed by atoms with Gasteiger partial charge in [0.05, 0.1) is 7.11 Å². The fraction of sp³-hybridized carbons (Fsp3) is 0.364. The smallest absolute Gasteiger partial charge is 0.274 e. The molecule has 3 nitrogen and oxygen atoms in total. The number of rotatable bonds is 4. The van der Waals surface area contributed by atoms with E-state index in [9.17, 15) is 4.79 Å². The molecular weight excluding hydrogens is 210 g/mol. The van der Waals surface area contributed by atoms with Gasteiger partial charge in [0.1, 0.15) is 0 Å². The average Bonchev–Trinajstić information content (AvgIpc) is 2.28. The van der Waals surface area contributed by atoms with E-state index < -0.39 is 0 Å². The molecule has 1 aromatic rings. The second-order valence-electron chi connectivity index (χ2n) is 3.12. The van der Waals surface area contributed by atoms with Crippen LogP contribution in [0.3, 0.4) is 0 Å². The highest BCUT2D eigenvalue weighted by Gasteiger charge is 2.10. The maximum atomic E-state index is 11.7. The molecular formula is C11H15NO2S. The number of carbonyl (C=O) groups is 1. The summed E-state index contributed by atoms with van der Waals surface area (Å²) in [6.07, 6.45) is 2.04. The number of hydrogen-bond acceptors (Lipinski definition) is 3. The minimum absolute atomic E-state index is 0.125. The van der Waals surface area contributed by atoms with Gasteiger partial charge in [0.2, 0.25) is 0 Å². The molecule has 82 valence electrons. The van der Waals surface area contributed by atoms with Gasteiger partial charge in [-0.15, -0.1) is 0 Å². The Morgan fingerprint density at radius 1 is 1.53 bits per heavy atom. The van der Waals surface area contributed by atoms with Crippen LogP contribution in [0.4, 0.5) is 0 Å². The highest BCUT2D eigenvalue weighted by atomic mass is 32.2. The fourth-order valence-electron chi connectivity index (χ4n) is 1.23. The highest BCUT2D eigenvalue weighted by molar-refractivity contribution is 7.97. The Morgan fingerprint density at radius 2 is 2.27 bits per heavy atom. The van der Waals surface area contributed by atoms with Crippen molar-refractivity contribution in [3.8, 4) is 0 Å². The van der Waals surface area contributed by atoms with Gasteiger partial charge < -0.3 is 0 Å². The lowest BCUT2D eigenvalue weighted by Gasteiger charge is -2.13. The van der Waals surface area contributed by atoms with Crippen LogP contribution in [0.5, 0.6) is 0 Å². The molecule has 0 radical (unpaired) electrons. The summed E-state index contributed by atoms with van der Waals surface area (Å²) in [5.74, 6) is 0.790. The molecule has 0 aliphatic heterocycles. The zero-order chi connectivity index (χ0) is 11.3. The Labute approximate surface area is 94.4 Å². The van der Waals surface area contributed by atoms with Crippen molar-refractivity contribution in [2.24, 2.45) is 0 Å². The Morgan fingerprint density at radius 3 is 2.87 bits per heavy atom. The zero-order valence-electron chi connectivity index (χ0n) is 9.19. The minimum Gasteiger partial charge on any atom is -0.274 e. The zero-order valence-corrected chi connectivity index (χ0v) is 10.0. The van der Waals surface area contributed by atoms with Crippen molar-refractivity contribution >= 4 is 17.7 Å². The van der Waals surface area contributed by atoms with E-state index in [0.717, 1.165) is 11.3 Å². The van der Waals surface area contributed by atoms with Gasteiger partial charge in [0.15, 0.2) is 0 Å². The molecule has 0 saturated carbocycles.